The van der Waals surface area contributed by atoms with Crippen molar-refractivity contribution in [2.75, 3.05) is 30.9 Å². The fourth-order valence-electron chi connectivity index (χ4n) is 5.66. The predicted molar refractivity (Wildman–Crippen MR) is 185 cm³/mol. The Hall–Kier alpha value is -5.40. The molecule has 1 unspecified atom stereocenters. The summed E-state index contributed by atoms with van der Waals surface area (Å²) in [6.07, 6.45) is 6.33. The van der Waals surface area contributed by atoms with Crippen LogP contribution in [0.4, 0.5) is 16.4 Å². The third-order valence-electron chi connectivity index (χ3n) is 8.31. The number of H-pyrrole nitrogens is 1. The molecule has 14 heteroatoms. The molecule has 0 spiro atoms. The number of rotatable bonds is 11. The number of tetrazole rings is 1. The second-order valence-electron chi connectivity index (χ2n) is 13.5. The van der Waals surface area contributed by atoms with Gasteiger partial charge in [-0.2, -0.15) is 5.21 Å². The minimum atomic E-state index is -0.815. The van der Waals surface area contributed by atoms with Gasteiger partial charge in [-0.05, 0) is 93.0 Å². The summed E-state index contributed by atoms with van der Waals surface area (Å²) in [7, 11) is 3.77. The van der Waals surface area contributed by atoms with Crippen LogP contribution in [0.2, 0.25) is 0 Å². The first-order chi connectivity index (χ1) is 23.4. The predicted octanol–water partition coefficient (Wildman–Crippen LogP) is 4.39. The molecule has 4 aromatic rings. The van der Waals surface area contributed by atoms with Crippen LogP contribution in [-0.4, -0.2) is 80.8 Å². The standard InChI is InChI=1S/C35H44N10O4/c1-35(2,3)49-34(48)38-19-23-8-12-26(13-9-23)31(46)40-29(32(47)39-28-16-14-25(15-17-28)30-41-43-44-42-30)18-22-6-10-24(11-7-22)27-20-36-33(37-21-27)45(4)5/h6-7,10-11,14-17,20-21,23,26,29H,8-9,12-13,18-19H2,1-5H3,(H,38,48)(H,39,47)(H,40,46)(H,41,42,43,44). The van der Waals surface area contributed by atoms with Crippen LogP contribution >= 0.6 is 0 Å². The Labute approximate surface area is 285 Å². The number of hydrogen-bond donors (Lipinski definition) is 4. The van der Waals surface area contributed by atoms with Gasteiger partial charge in [-0.25, -0.2) is 14.8 Å². The van der Waals surface area contributed by atoms with Crippen LogP contribution in [0, 0.1) is 11.8 Å². The molecular weight excluding hydrogens is 624 g/mol. The zero-order valence-electron chi connectivity index (χ0n) is 28.6. The maximum atomic E-state index is 13.7. The van der Waals surface area contributed by atoms with Gasteiger partial charge in [0.05, 0.1) is 0 Å². The van der Waals surface area contributed by atoms with E-state index in [1.165, 1.54) is 0 Å². The molecule has 1 aliphatic rings. The Kier molecular flexibility index (Phi) is 11.2. The molecule has 0 bridgehead atoms. The third kappa shape index (κ3) is 10.0. The number of alkyl carbamates (subject to hydrolysis) is 1. The minimum absolute atomic E-state index is 0.152. The van der Waals surface area contributed by atoms with Gasteiger partial charge in [0, 0.05) is 62.2 Å². The molecule has 1 aliphatic carbocycles. The SMILES string of the molecule is CN(C)c1ncc(-c2ccc(CC(NC(=O)C3CCC(CNC(=O)OC(C)(C)C)CC3)C(=O)Nc3ccc(-c4nn[nH]n4)cc3)cc2)cn1. The van der Waals surface area contributed by atoms with Crippen molar-refractivity contribution in [3.63, 3.8) is 0 Å². The first kappa shape index (κ1) is 34.9. The third-order valence-corrected chi connectivity index (χ3v) is 8.31. The van der Waals surface area contributed by atoms with Gasteiger partial charge in [0.1, 0.15) is 11.6 Å². The lowest BCUT2D eigenvalue weighted by atomic mass is 9.81. The maximum Gasteiger partial charge on any atom is 0.407 e. The molecule has 258 valence electrons. The van der Waals surface area contributed by atoms with Crippen LogP contribution in [0.1, 0.15) is 52.0 Å². The highest BCUT2D eigenvalue weighted by atomic mass is 16.6. The Balaban J connectivity index is 1.23. The molecule has 1 fully saturated rings. The molecule has 2 aromatic heterocycles. The van der Waals surface area contributed by atoms with Crippen molar-refractivity contribution in [2.45, 2.75) is 64.5 Å². The molecule has 2 aromatic carbocycles. The molecule has 4 N–H and O–H groups in total. The topological polar surface area (TPSA) is 180 Å². The molecule has 49 heavy (non-hydrogen) atoms. The van der Waals surface area contributed by atoms with Crippen LogP contribution in [-0.2, 0) is 20.7 Å². The molecule has 3 amide bonds. The van der Waals surface area contributed by atoms with Crippen molar-refractivity contribution in [3.8, 4) is 22.5 Å². The lowest BCUT2D eigenvalue weighted by Gasteiger charge is -2.29. The van der Waals surface area contributed by atoms with E-state index in [0.717, 1.165) is 35.1 Å². The van der Waals surface area contributed by atoms with Crippen molar-refractivity contribution in [3.05, 3.63) is 66.5 Å². The number of aromatic nitrogens is 6. The Morgan fingerprint density at radius 2 is 1.57 bits per heavy atom. The van der Waals surface area contributed by atoms with E-state index in [2.05, 4.69) is 46.5 Å². The zero-order chi connectivity index (χ0) is 35.0. The van der Waals surface area contributed by atoms with Gasteiger partial charge in [-0.1, -0.05) is 24.3 Å². The van der Waals surface area contributed by atoms with Crippen LogP contribution in [0.25, 0.3) is 22.5 Å². The van der Waals surface area contributed by atoms with E-state index in [1.807, 2.05) is 64.0 Å². The number of nitrogens with one attached hydrogen (secondary N) is 4. The average molecular weight is 669 g/mol. The van der Waals surface area contributed by atoms with E-state index in [-0.39, 0.29) is 23.7 Å². The molecule has 0 saturated heterocycles. The number of ether oxygens (including phenoxy) is 1. The van der Waals surface area contributed by atoms with Gasteiger partial charge in [-0.3, -0.25) is 9.59 Å². The van der Waals surface area contributed by atoms with E-state index in [9.17, 15) is 14.4 Å². The van der Waals surface area contributed by atoms with Gasteiger partial charge in [0.25, 0.3) is 0 Å². The smallest absolute Gasteiger partial charge is 0.407 e. The second kappa shape index (κ2) is 15.7. The van der Waals surface area contributed by atoms with Gasteiger partial charge in [-0.15, -0.1) is 10.2 Å². The molecule has 1 atom stereocenters. The fourth-order valence-corrected chi connectivity index (χ4v) is 5.66. The van der Waals surface area contributed by atoms with Crippen molar-refractivity contribution in [2.24, 2.45) is 11.8 Å². The maximum absolute atomic E-state index is 13.7. The number of anilines is 2. The number of aromatic amines is 1. The summed E-state index contributed by atoms with van der Waals surface area (Å²) in [5.41, 5.74) is 3.47. The molecular formula is C35H44N10O4. The van der Waals surface area contributed by atoms with Crippen LogP contribution in [0.5, 0.6) is 0 Å². The summed E-state index contributed by atoms with van der Waals surface area (Å²) in [4.78, 5) is 50.0. The average Bonchev–Trinajstić information content (AvgIpc) is 3.62. The molecule has 0 radical (unpaired) electrons. The highest BCUT2D eigenvalue weighted by Gasteiger charge is 2.30. The fraction of sp³-hybridized carbons (Fsp3) is 0.429. The summed E-state index contributed by atoms with van der Waals surface area (Å²) in [6.45, 7) is 5.98. The Morgan fingerprint density at radius 1 is 0.918 bits per heavy atom. The molecule has 1 saturated carbocycles. The van der Waals surface area contributed by atoms with E-state index < -0.39 is 17.7 Å². The van der Waals surface area contributed by atoms with Gasteiger partial charge < -0.3 is 25.6 Å². The van der Waals surface area contributed by atoms with Gasteiger partial charge >= 0.3 is 6.09 Å². The largest absolute Gasteiger partial charge is 0.444 e. The van der Waals surface area contributed by atoms with Crippen LogP contribution in [0.15, 0.2) is 60.9 Å². The molecule has 5 rings (SSSR count). The summed E-state index contributed by atoms with van der Waals surface area (Å²) >= 11 is 0. The second-order valence-corrected chi connectivity index (χ2v) is 13.5. The van der Waals surface area contributed by atoms with Gasteiger partial charge in [0.2, 0.25) is 23.6 Å². The number of benzene rings is 2. The Bertz CT molecular complexity index is 1680. The van der Waals surface area contributed by atoms with Crippen molar-refractivity contribution in [1.82, 2.24) is 41.2 Å². The monoisotopic (exact) mass is 668 g/mol. The molecule has 14 nitrogen and oxygen atoms in total. The van der Waals surface area contributed by atoms with Crippen LogP contribution in [0.3, 0.4) is 0 Å². The van der Waals surface area contributed by atoms with E-state index >= 15 is 0 Å². The van der Waals surface area contributed by atoms with Crippen molar-refractivity contribution in [1.29, 1.82) is 0 Å². The lowest BCUT2D eigenvalue weighted by molar-refractivity contribution is -0.130. The molecule has 0 aliphatic heterocycles. The van der Waals surface area contributed by atoms with Crippen molar-refractivity contribution >= 4 is 29.5 Å². The first-order valence-corrected chi connectivity index (χ1v) is 16.4. The Morgan fingerprint density at radius 3 is 2.16 bits per heavy atom. The normalized spacial score (nSPS) is 16.7. The number of carbonyl (C=O) groups is 3. The number of carbonyl (C=O) groups excluding carboxylic acids is 3. The number of amides is 3. The summed E-state index contributed by atoms with van der Waals surface area (Å²) in [6, 6.07) is 14.1. The van der Waals surface area contributed by atoms with Gasteiger partial charge in [0.15, 0.2) is 0 Å². The first-order valence-electron chi connectivity index (χ1n) is 16.4. The highest BCUT2D eigenvalue weighted by molar-refractivity contribution is 5.97. The summed E-state index contributed by atoms with van der Waals surface area (Å²) < 4.78 is 5.34. The number of nitrogens with zero attached hydrogens (tertiary/aromatic N) is 6. The van der Waals surface area contributed by atoms with Crippen LogP contribution < -0.4 is 20.9 Å². The minimum Gasteiger partial charge on any atom is -0.444 e. The lowest BCUT2D eigenvalue weighted by Crippen LogP contribution is -2.48. The zero-order valence-corrected chi connectivity index (χ0v) is 28.6. The van der Waals surface area contributed by atoms with E-state index in [1.54, 1.807) is 36.7 Å². The molecule has 2 heterocycles. The highest BCUT2D eigenvalue weighted by Crippen LogP contribution is 2.29. The van der Waals surface area contributed by atoms with E-state index in [0.29, 0.717) is 43.3 Å². The number of hydrogen-bond acceptors (Lipinski definition) is 10. The summed E-state index contributed by atoms with van der Waals surface area (Å²) in [5, 5.41) is 22.8. The quantitative estimate of drug-likeness (QED) is 0.179. The summed E-state index contributed by atoms with van der Waals surface area (Å²) in [5.74, 6) is 0.625. The van der Waals surface area contributed by atoms with E-state index in [4.69, 9.17) is 4.74 Å². The van der Waals surface area contributed by atoms with Crippen molar-refractivity contribution < 1.29 is 19.1 Å².